The second kappa shape index (κ2) is 12.5. The van der Waals surface area contributed by atoms with Crippen molar-refractivity contribution in [3.05, 3.63) is 59.2 Å². The summed E-state index contributed by atoms with van der Waals surface area (Å²) in [5, 5.41) is 13.7. The molecule has 5 nitrogen and oxygen atoms in total. The van der Waals surface area contributed by atoms with Crippen molar-refractivity contribution in [3.63, 3.8) is 0 Å². The molecule has 2 N–H and O–H groups in total. The highest BCUT2D eigenvalue weighted by Crippen LogP contribution is 2.28. The van der Waals surface area contributed by atoms with E-state index in [4.69, 9.17) is 9.47 Å². The lowest BCUT2D eigenvalue weighted by Crippen LogP contribution is -2.35. The summed E-state index contributed by atoms with van der Waals surface area (Å²) in [7, 11) is 1.63. The summed E-state index contributed by atoms with van der Waals surface area (Å²) < 4.78 is 11.3. The molecule has 0 fully saturated rings. The Morgan fingerprint density at radius 3 is 2.34 bits per heavy atom. The van der Waals surface area contributed by atoms with Gasteiger partial charge in [-0.2, -0.15) is 0 Å². The molecule has 5 heteroatoms. The number of ether oxygens (including phenoxy) is 2. The molecule has 0 aliphatic rings. The van der Waals surface area contributed by atoms with Crippen molar-refractivity contribution in [2.24, 2.45) is 0 Å². The van der Waals surface area contributed by atoms with Crippen molar-refractivity contribution in [1.29, 1.82) is 0 Å². The van der Waals surface area contributed by atoms with Crippen molar-refractivity contribution >= 4 is 0 Å². The molecule has 0 heterocycles. The summed E-state index contributed by atoms with van der Waals surface area (Å²) >= 11 is 0. The predicted molar refractivity (Wildman–Crippen MR) is 119 cm³/mol. The van der Waals surface area contributed by atoms with Gasteiger partial charge in [0.05, 0.1) is 7.11 Å². The lowest BCUT2D eigenvalue weighted by atomic mass is 10.1. The maximum atomic E-state index is 10.3. The summed E-state index contributed by atoms with van der Waals surface area (Å²) in [6.07, 6.45) is 0.466. The first kappa shape index (κ1) is 23.2. The first-order valence-electron chi connectivity index (χ1n) is 10.5. The van der Waals surface area contributed by atoms with E-state index >= 15 is 0 Å². The van der Waals surface area contributed by atoms with Crippen molar-refractivity contribution in [2.75, 3.05) is 39.9 Å². The Hall–Kier alpha value is -2.08. The van der Waals surface area contributed by atoms with Gasteiger partial charge >= 0.3 is 0 Å². The maximum absolute atomic E-state index is 10.3. The smallest absolute Gasteiger partial charge is 0.161 e. The Kier molecular flexibility index (Phi) is 9.98. The van der Waals surface area contributed by atoms with Crippen molar-refractivity contribution in [3.8, 4) is 11.5 Å². The molecular formula is C24H36N2O3. The van der Waals surface area contributed by atoms with Crippen LogP contribution in [-0.4, -0.2) is 56.0 Å². The highest BCUT2D eigenvalue weighted by molar-refractivity contribution is 5.43. The van der Waals surface area contributed by atoms with Crippen LogP contribution in [0.1, 0.15) is 30.5 Å². The first-order chi connectivity index (χ1) is 14.0. The van der Waals surface area contributed by atoms with Crippen LogP contribution < -0.4 is 14.8 Å². The molecule has 2 aromatic rings. The van der Waals surface area contributed by atoms with Crippen LogP contribution in [0.5, 0.6) is 11.5 Å². The van der Waals surface area contributed by atoms with Gasteiger partial charge in [0.2, 0.25) is 0 Å². The molecule has 2 rings (SSSR count). The van der Waals surface area contributed by atoms with Gasteiger partial charge < -0.3 is 24.8 Å². The number of rotatable bonds is 13. The van der Waals surface area contributed by atoms with Gasteiger partial charge in [-0.3, -0.25) is 0 Å². The largest absolute Gasteiger partial charge is 0.493 e. The number of likely N-dealkylation sites (N-methyl/N-ethyl adjacent to an activating group) is 1. The van der Waals surface area contributed by atoms with E-state index in [0.717, 1.165) is 38.2 Å². The molecule has 0 spiro atoms. The highest BCUT2D eigenvalue weighted by atomic mass is 16.5. The topological polar surface area (TPSA) is 54.0 Å². The SMILES string of the molecule is CCN(CC)C[C@H](O)COc1cc(CNCCc2ccc(C)cc2)ccc1OC. The first-order valence-corrected chi connectivity index (χ1v) is 10.5. The molecule has 0 saturated carbocycles. The van der Waals surface area contributed by atoms with Gasteiger partial charge in [0.1, 0.15) is 12.7 Å². The highest BCUT2D eigenvalue weighted by Gasteiger charge is 2.12. The minimum Gasteiger partial charge on any atom is -0.493 e. The lowest BCUT2D eigenvalue weighted by Gasteiger charge is -2.22. The van der Waals surface area contributed by atoms with Gasteiger partial charge in [-0.05, 0) is 56.2 Å². The Morgan fingerprint density at radius 1 is 1.00 bits per heavy atom. The number of hydrogen-bond acceptors (Lipinski definition) is 5. The van der Waals surface area contributed by atoms with Crippen LogP contribution in [0.15, 0.2) is 42.5 Å². The summed E-state index contributed by atoms with van der Waals surface area (Å²) in [5.74, 6) is 1.35. The predicted octanol–water partition coefficient (Wildman–Crippen LogP) is 3.42. The molecular weight excluding hydrogens is 364 g/mol. The average Bonchev–Trinajstić information content (AvgIpc) is 2.74. The number of aryl methyl sites for hydroxylation is 1. The number of hydrogen-bond donors (Lipinski definition) is 2. The molecule has 2 aromatic carbocycles. The standard InChI is InChI=1S/C24H36N2O3/c1-5-26(6-2)17-22(27)18-29-24-15-21(11-12-23(24)28-4)16-25-14-13-20-9-7-19(3)8-10-20/h7-12,15,22,25,27H,5-6,13-14,16-18H2,1-4H3/t22-/m0/s1. The van der Waals surface area contributed by atoms with E-state index in [-0.39, 0.29) is 6.61 Å². The molecule has 0 unspecified atom stereocenters. The normalized spacial score (nSPS) is 12.2. The van der Waals surface area contributed by atoms with Gasteiger partial charge in [-0.1, -0.05) is 49.7 Å². The van der Waals surface area contributed by atoms with E-state index in [2.05, 4.69) is 55.3 Å². The fourth-order valence-corrected chi connectivity index (χ4v) is 3.18. The molecule has 0 aromatic heterocycles. The summed E-state index contributed by atoms with van der Waals surface area (Å²) in [6, 6.07) is 14.6. The Balaban J connectivity index is 1.84. The van der Waals surface area contributed by atoms with E-state index in [1.807, 2.05) is 18.2 Å². The van der Waals surface area contributed by atoms with Crippen LogP contribution in [0.2, 0.25) is 0 Å². The Bertz CT molecular complexity index is 715. The minimum absolute atomic E-state index is 0.247. The zero-order valence-electron chi connectivity index (χ0n) is 18.3. The third kappa shape index (κ3) is 8.05. The van der Waals surface area contributed by atoms with Gasteiger partial charge in [-0.25, -0.2) is 0 Å². The molecule has 160 valence electrons. The molecule has 0 aliphatic heterocycles. The molecule has 29 heavy (non-hydrogen) atoms. The number of nitrogens with zero attached hydrogens (tertiary/aromatic N) is 1. The van der Waals surface area contributed by atoms with Crippen molar-refractivity contribution in [1.82, 2.24) is 10.2 Å². The fraction of sp³-hybridized carbons (Fsp3) is 0.500. The van der Waals surface area contributed by atoms with Gasteiger partial charge in [0, 0.05) is 13.1 Å². The quantitative estimate of drug-likeness (QED) is 0.505. The van der Waals surface area contributed by atoms with Gasteiger partial charge in [0.25, 0.3) is 0 Å². The fourth-order valence-electron chi connectivity index (χ4n) is 3.18. The van der Waals surface area contributed by atoms with E-state index in [9.17, 15) is 5.11 Å². The molecule has 0 radical (unpaired) electrons. The van der Waals surface area contributed by atoms with Crippen LogP contribution in [0.25, 0.3) is 0 Å². The monoisotopic (exact) mass is 400 g/mol. The van der Waals surface area contributed by atoms with Gasteiger partial charge in [0.15, 0.2) is 11.5 Å². The minimum atomic E-state index is -0.532. The zero-order chi connectivity index (χ0) is 21.1. The number of methoxy groups -OCH3 is 1. The second-order valence-corrected chi connectivity index (χ2v) is 7.35. The summed E-state index contributed by atoms with van der Waals surface area (Å²) in [4.78, 5) is 2.18. The van der Waals surface area contributed by atoms with Crippen molar-refractivity contribution < 1.29 is 14.6 Å². The van der Waals surface area contributed by atoms with Crippen LogP contribution in [0.4, 0.5) is 0 Å². The van der Waals surface area contributed by atoms with Gasteiger partial charge in [-0.15, -0.1) is 0 Å². The number of aliphatic hydroxyl groups is 1. The molecule has 0 amide bonds. The number of aliphatic hydroxyl groups excluding tert-OH is 1. The second-order valence-electron chi connectivity index (χ2n) is 7.35. The zero-order valence-corrected chi connectivity index (χ0v) is 18.3. The molecule has 0 saturated heterocycles. The summed E-state index contributed by atoms with van der Waals surface area (Å²) in [5.41, 5.74) is 3.75. The molecule has 1 atom stereocenters. The third-order valence-corrected chi connectivity index (χ3v) is 5.06. The lowest BCUT2D eigenvalue weighted by molar-refractivity contribution is 0.0705. The average molecular weight is 401 g/mol. The van der Waals surface area contributed by atoms with E-state index in [1.165, 1.54) is 11.1 Å². The van der Waals surface area contributed by atoms with Crippen LogP contribution in [0, 0.1) is 6.92 Å². The number of benzene rings is 2. The molecule has 0 bridgehead atoms. The van der Waals surface area contributed by atoms with E-state index < -0.39 is 6.10 Å². The molecule has 0 aliphatic carbocycles. The maximum Gasteiger partial charge on any atom is 0.161 e. The van der Waals surface area contributed by atoms with Crippen LogP contribution in [0.3, 0.4) is 0 Å². The van der Waals surface area contributed by atoms with Crippen LogP contribution in [-0.2, 0) is 13.0 Å². The van der Waals surface area contributed by atoms with E-state index in [0.29, 0.717) is 18.0 Å². The van der Waals surface area contributed by atoms with E-state index in [1.54, 1.807) is 7.11 Å². The Labute approximate surface area is 175 Å². The van der Waals surface area contributed by atoms with Crippen molar-refractivity contribution in [2.45, 2.75) is 39.8 Å². The van der Waals surface area contributed by atoms with Crippen LogP contribution >= 0.6 is 0 Å². The number of nitrogens with one attached hydrogen (secondary N) is 1. The third-order valence-electron chi connectivity index (χ3n) is 5.06. The Morgan fingerprint density at radius 2 is 1.69 bits per heavy atom. The summed E-state index contributed by atoms with van der Waals surface area (Å²) in [6.45, 7) is 10.6.